The summed E-state index contributed by atoms with van der Waals surface area (Å²) in [7, 11) is 0. The zero-order valence-electron chi connectivity index (χ0n) is 10.4. The molecule has 4 rings (SSSR count). The van der Waals surface area contributed by atoms with Crippen molar-refractivity contribution in [2.75, 3.05) is 5.75 Å². The van der Waals surface area contributed by atoms with Gasteiger partial charge in [-0.1, -0.05) is 11.8 Å². The molecule has 1 aliphatic carbocycles. The minimum atomic E-state index is 0.177. The Balaban J connectivity index is 1.97. The molecule has 0 fully saturated rings. The number of rotatable bonds is 1. The number of hydrogen-bond donors (Lipinski definition) is 1. The molecule has 0 spiro atoms. The summed E-state index contributed by atoms with van der Waals surface area (Å²) in [6.45, 7) is 0.760. The van der Waals surface area contributed by atoms with Gasteiger partial charge in [-0.15, -0.1) is 11.3 Å². The van der Waals surface area contributed by atoms with Gasteiger partial charge in [0.1, 0.15) is 4.83 Å². The Morgan fingerprint density at radius 2 is 2.21 bits per heavy atom. The largest absolute Gasteiger partial charge is 0.286 e. The number of nitrogens with zero attached hydrogens (tertiary/aromatic N) is 2. The van der Waals surface area contributed by atoms with Crippen LogP contribution in [0.25, 0.3) is 10.2 Å². The van der Waals surface area contributed by atoms with Crippen molar-refractivity contribution in [3.05, 3.63) is 20.8 Å². The first-order valence-electron chi connectivity index (χ1n) is 6.60. The first kappa shape index (κ1) is 12.3. The molecular weight excluding hydrogens is 296 g/mol. The van der Waals surface area contributed by atoms with E-state index in [0.717, 1.165) is 40.5 Å². The van der Waals surface area contributed by atoms with Crippen LogP contribution in [-0.4, -0.2) is 20.6 Å². The third-order valence-electron chi connectivity index (χ3n) is 3.90. The first-order valence-corrected chi connectivity index (χ1v) is 8.93. The van der Waals surface area contributed by atoms with E-state index in [4.69, 9.17) is 4.98 Å². The summed E-state index contributed by atoms with van der Waals surface area (Å²) in [6, 6.07) is 0. The van der Waals surface area contributed by atoms with Crippen LogP contribution >= 0.6 is 35.7 Å². The lowest BCUT2D eigenvalue weighted by molar-refractivity contribution is 0.631. The van der Waals surface area contributed by atoms with Crippen LogP contribution < -0.4 is 5.56 Å². The lowest BCUT2D eigenvalue weighted by Gasteiger charge is -2.10. The molecule has 2 aliphatic rings. The van der Waals surface area contributed by atoms with Crippen molar-refractivity contribution in [2.24, 2.45) is 0 Å². The maximum Gasteiger partial charge on any atom is 0.263 e. The van der Waals surface area contributed by atoms with Gasteiger partial charge in [0.25, 0.3) is 5.56 Å². The highest BCUT2D eigenvalue weighted by Gasteiger charge is 2.27. The highest BCUT2D eigenvalue weighted by atomic mass is 32.2. The van der Waals surface area contributed by atoms with E-state index in [1.807, 2.05) is 4.57 Å². The predicted molar refractivity (Wildman–Crippen MR) is 84.0 cm³/mol. The standard InChI is InChI=1S/C13H14N2OS3/c16-12-10-8-3-1-2-4-9(8)19-11(10)14-13-15(12)5-7(6-17)18-13/h7,17H,1-6H2/t7-/m1/s1. The van der Waals surface area contributed by atoms with Gasteiger partial charge in [-0.3, -0.25) is 9.36 Å². The zero-order chi connectivity index (χ0) is 13.0. The van der Waals surface area contributed by atoms with Gasteiger partial charge in [-0.25, -0.2) is 4.98 Å². The van der Waals surface area contributed by atoms with Gasteiger partial charge in [0.05, 0.1) is 5.39 Å². The molecule has 6 heteroatoms. The average Bonchev–Trinajstić information content (AvgIpc) is 2.99. The molecule has 2 aromatic rings. The van der Waals surface area contributed by atoms with Crippen LogP contribution in [0.2, 0.25) is 0 Å². The van der Waals surface area contributed by atoms with Gasteiger partial charge in [0.15, 0.2) is 5.16 Å². The number of aryl methyl sites for hydroxylation is 2. The highest BCUT2D eigenvalue weighted by Crippen LogP contribution is 2.37. The van der Waals surface area contributed by atoms with Gasteiger partial charge in [-0.2, -0.15) is 12.6 Å². The Kier molecular flexibility index (Phi) is 2.93. The first-order chi connectivity index (χ1) is 9.28. The quantitative estimate of drug-likeness (QED) is 0.650. The number of thiol groups is 1. The summed E-state index contributed by atoms with van der Waals surface area (Å²) >= 11 is 7.76. The molecule has 0 unspecified atom stereocenters. The molecule has 1 aliphatic heterocycles. The van der Waals surface area contributed by atoms with Crippen molar-refractivity contribution in [2.45, 2.75) is 42.6 Å². The smallest absolute Gasteiger partial charge is 0.263 e. The number of fused-ring (bicyclic) bond motifs is 4. The molecule has 0 saturated carbocycles. The summed E-state index contributed by atoms with van der Waals surface area (Å²) in [5, 5.41) is 2.18. The van der Waals surface area contributed by atoms with E-state index in [1.165, 1.54) is 23.3 Å². The van der Waals surface area contributed by atoms with Crippen molar-refractivity contribution < 1.29 is 0 Å². The van der Waals surface area contributed by atoms with E-state index in [1.54, 1.807) is 23.1 Å². The van der Waals surface area contributed by atoms with Crippen LogP contribution in [0.1, 0.15) is 23.3 Å². The topological polar surface area (TPSA) is 34.9 Å². The summed E-state index contributed by atoms with van der Waals surface area (Å²) in [5.74, 6) is 0.791. The van der Waals surface area contributed by atoms with Gasteiger partial charge >= 0.3 is 0 Å². The highest BCUT2D eigenvalue weighted by molar-refractivity contribution is 8.00. The monoisotopic (exact) mass is 310 g/mol. The molecule has 2 aromatic heterocycles. The van der Waals surface area contributed by atoms with E-state index in [9.17, 15) is 4.79 Å². The molecule has 3 heterocycles. The molecule has 100 valence electrons. The van der Waals surface area contributed by atoms with Crippen molar-refractivity contribution in [3.8, 4) is 0 Å². The second-order valence-electron chi connectivity index (χ2n) is 5.12. The third kappa shape index (κ3) is 1.80. The van der Waals surface area contributed by atoms with Crippen LogP contribution in [0.4, 0.5) is 0 Å². The predicted octanol–water partition coefficient (Wildman–Crippen LogP) is 2.74. The Morgan fingerprint density at radius 1 is 1.37 bits per heavy atom. The lowest BCUT2D eigenvalue weighted by Crippen LogP contribution is -2.22. The number of hydrogen-bond acceptors (Lipinski definition) is 5. The normalized spacial score (nSPS) is 21.6. The number of thiophene rings is 1. The Bertz CT molecular complexity index is 719. The summed E-state index contributed by atoms with van der Waals surface area (Å²) in [6.07, 6.45) is 4.62. The summed E-state index contributed by atoms with van der Waals surface area (Å²) < 4.78 is 1.86. The molecule has 3 nitrogen and oxygen atoms in total. The van der Waals surface area contributed by atoms with Crippen LogP contribution in [-0.2, 0) is 19.4 Å². The molecule has 0 bridgehead atoms. The number of aromatic nitrogens is 2. The van der Waals surface area contributed by atoms with Gasteiger partial charge in [0, 0.05) is 22.4 Å². The van der Waals surface area contributed by atoms with Crippen molar-refractivity contribution >= 4 is 45.9 Å². The minimum Gasteiger partial charge on any atom is -0.286 e. The molecular formula is C13H14N2OS3. The number of thioether (sulfide) groups is 1. The molecule has 0 N–H and O–H groups in total. The summed E-state index contributed by atoms with van der Waals surface area (Å²) in [5.41, 5.74) is 1.47. The molecule has 19 heavy (non-hydrogen) atoms. The molecule has 0 saturated heterocycles. The van der Waals surface area contributed by atoms with Crippen molar-refractivity contribution in [3.63, 3.8) is 0 Å². The average molecular weight is 310 g/mol. The second-order valence-corrected chi connectivity index (χ2v) is 7.84. The van der Waals surface area contributed by atoms with Gasteiger partial charge in [-0.05, 0) is 31.2 Å². The maximum atomic E-state index is 12.7. The van der Waals surface area contributed by atoms with E-state index in [-0.39, 0.29) is 5.56 Å². The van der Waals surface area contributed by atoms with Crippen molar-refractivity contribution in [1.82, 2.24) is 9.55 Å². The van der Waals surface area contributed by atoms with E-state index in [0.29, 0.717) is 5.25 Å². The van der Waals surface area contributed by atoms with Gasteiger partial charge in [0.2, 0.25) is 0 Å². The van der Waals surface area contributed by atoms with Crippen LogP contribution in [0.3, 0.4) is 0 Å². The fraction of sp³-hybridized carbons (Fsp3) is 0.538. The third-order valence-corrected chi connectivity index (χ3v) is 6.95. The van der Waals surface area contributed by atoms with Crippen LogP contribution in [0.5, 0.6) is 0 Å². The van der Waals surface area contributed by atoms with E-state index in [2.05, 4.69) is 12.6 Å². The Labute approximate surface area is 124 Å². The fourth-order valence-corrected chi connectivity index (χ4v) is 5.63. The minimum absolute atomic E-state index is 0.177. The Morgan fingerprint density at radius 3 is 3.05 bits per heavy atom. The van der Waals surface area contributed by atoms with Crippen LogP contribution in [0.15, 0.2) is 9.95 Å². The SMILES string of the molecule is O=c1c2c3c(sc2nc2n1C[C@H](CS)S2)CCCC3. The molecule has 0 radical (unpaired) electrons. The maximum absolute atomic E-state index is 12.7. The van der Waals surface area contributed by atoms with Gasteiger partial charge < -0.3 is 0 Å². The molecule has 0 amide bonds. The summed E-state index contributed by atoms with van der Waals surface area (Å²) in [4.78, 5) is 19.8. The molecule has 0 aromatic carbocycles. The lowest BCUT2D eigenvalue weighted by atomic mass is 9.97. The molecule has 1 atom stereocenters. The Hall–Kier alpha value is -0.460. The van der Waals surface area contributed by atoms with Crippen molar-refractivity contribution in [1.29, 1.82) is 0 Å². The second kappa shape index (κ2) is 4.53. The zero-order valence-corrected chi connectivity index (χ0v) is 12.9. The fourth-order valence-electron chi connectivity index (χ4n) is 2.96. The van der Waals surface area contributed by atoms with E-state index >= 15 is 0 Å². The van der Waals surface area contributed by atoms with Crippen LogP contribution in [0, 0.1) is 0 Å². The van der Waals surface area contributed by atoms with E-state index < -0.39 is 0 Å².